The van der Waals surface area contributed by atoms with Gasteiger partial charge in [-0.15, -0.1) is 0 Å². The van der Waals surface area contributed by atoms with Crippen LogP contribution in [0.5, 0.6) is 0 Å². The molecule has 0 aliphatic heterocycles. The van der Waals surface area contributed by atoms with Gasteiger partial charge in [0, 0.05) is 43.6 Å². The summed E-state index contributed by atoms with van der Waals surface area (Å²) in [5.41, 5.74) is 9.00. The molecule has 4 heterocycles. The Morgan fingerprint density at radius 2 is 1.00 bits per heavy atom. The van der Waals surface area contributed by atoms with Gasteiger partial charge in [-0.05, 0) is 35.7 Å². The number of furan rings is 2. The van der Waals surface area contributed by atoms with Gasteiger partial charge in [0.15, 0.2) is 28.6 Å². The minimum atomic E-state index is 0.585. The first-order valence-electron chi connectivity index (χ1n) is 17.0. The van der Waals surface area contributed by atoms with Gasteiger partial charge in [-0.25, -0.2) is 15.0 Å². The molecule has 0 atom stereocenters. The number of benzene rings is 7. The first kappa shape index (κ1) is 27.9. The van der Waals surface area contributed by atoms with Crippen molar-refractivity contribution >= 4 is 65.7 Å². The molecule has 11 rings (SSSR count). The second kappa shape index (κ2) is 10.7. The minimum absolute atomic E-state index is 0.585. The van der Waals surface area contributed by atoms with Gasteiger partial charge in [-0.2, -0.15) is 0 Å². The number of hydrogen-bond acceptors (Lipinski definition) is 5. The van der Waals surface area contributed by atoms with Crippen molar-refractivity contribution in [3.8, 4) is 39.9 Å². The molecule has 51 heavy (non-hydrogen) atoms. The molecule has 6 nitrogen and oxygen atoms in total. The minimum Gasteiger partial charge on any atom is -0.454 e. The van der Waals surface area contributed by atoms with Gasteiger partial charge < -0.3 is 13.4 Å². The number of hydrogen-bond donors (Lipinski definition) is 0. The predicted octanol–water partition coefficient (Wildman–Crippen LogP) is 11.8. The zero-order valence-electron chi connectivity index (χ0n) is 27.1. The zero-order chi connectivity index (χ0) is 33.5. The summed E-state index contributed by atoms with van der Waals surface area (Å²) in [5.74, 6) is 1.82. The monoisotopic (exact) mass is 654 g/mol. The molecule has 7 aromatic carbocycles. The first-order valence-corrected chi connectivity index (χ1v) is 17.0. The van der Waals surface area contributed by atoms with Crippen LogP contribution in [0.15, 0.2) is 167 Å². The molecule has 0 fully saturated rings. The second-order valence-corrected chi connectivity index (χ2v) is 12.8. The van der Waals surface area contributed by atoms with Crippen LogP contribution in [0.3, 0.4) is 0 Å². The highest BCUT2D eigenvalue weighted by Gasteiger charge is 2.25. The number of para-hydroxylation sites is 2. The fraction of sp³-hybridized carbons (Fsp3) is 0. The van der Waals surface area contributed by atoms with Gasteiger partial charge in [0.25, 0.3) is 0 Å². The van der Waals surface area contributed by atoms with E-state index in [4.69, 9.17) is 23.8 Å². The lowest BCUT2D eigenvalue weighted by Gasteiger charge is -2.11. The van der Waals surface area contributed by atoms with Crippen LogP contribution >= 0.6 is 0 Å². The molecular formula is C45H26N4O2. The van der Waals surface area contributed by atoms with Crippen LogP contribution in [0.4, 0.5) is 0 Å². The molecule has 0 aliphatic rings. The van der Waals surface area contributed by atoms with Gasteiger partial charge in [-0.1, -0.05) is 127 Å². The predicted molar refractivity (Wildman–Crippen MR) is 205 cm³/mol. The lowest BCUT2D eigenvalue weighted by Crippen LogP contribution is -2.00. The number of nitrogens with zero attached hydrogens (tertiary/aromatic N) is 4. The van der Waals surface area contributed by atoms with Crippen LogP contribution in [0, 0.1) is 0 Å². The third-order valence-electron chi connectivity index (χ3n) is 9.84. The molecule has 0 radical (unpaired) electrons. The maximum Gasteiger partial charge on any atom is 0.164 e. The Morgan fingerprint density at radius 1 is 0.392 bits per heavy atom. The fourth-order valence-corrected chi connectivity index (χ4v) is 7.59. The Balaban J connectivity index is 1.22. The smallest absolute Gasteiger partial charge is 0.164 e. The first-order chi connectivity index (χ1) is 25.3. The summed E-state index contributed by atoms with van der Waals surface area (Å²) in [7, 11) is 0. The maximum absolute atomic E-state index is 6.88. The van der Waals surface area contributed by atoms with Crippen molar-refractivity contribution < 1.29 is 8.83 Å². The van der Waals surface area contributed by atoms with E-state index >= 15 is 0 Å². The Hall–Kier alpha value is -7.05. The average Bonchev–Trinajstić information content (AvgIpc) is 3.87. The van der Waals surface area contributed by atoms with E-state index in [-0.39, 0.29) is 0 Å². The van der Waals surface area contributed by atoms with Gasteiger partial charge in [0.05, 0.1) is 11.2 Å². The molecule has 4 aromatic heterocycles. The molecule has 0 spiro atoms. The van der Waals surface area contributed by atoms with E-state index in [1.54, 1.807) is 0 Å². The lowest BCUT2D eigenvalue weighted by atomic mass is 10.0. The highest BCUT2D eigenvalue weighted by molar-refractivity contribution is 6.23. The highest BCUT2D eigenvalue weighted by Crippen LogP contribution is 2.45. The van der Waals surface area contributed by atoms with Crippen LogP contribution in [-0.2, 0) is 0 Å². The Morgan fingerprint density at radius 3 is 1.78 bits per heavy atom. The molecule has 0 saturated heterocycles. The number of fused-ring (bicyclic) bond motifs is 10. The van der Waals surface area contributed by atoms with Crippen molar-refractivity contribution in [3.05, 3.63) is 158 Å². The van der Waals surface area contributed by atoms with Crippen molar-refractivity contribution in [3.63, 3.8) is 0 Å². The van der Waals surface area contributed by atoms with Gasteiger partial charge >= 0.3 is 0 Å². The molecule has 0 aliphatic carbocycles. The van der Waals surface area contributed by atoms with Crippen molar-refractivity contribution in [1.29, 1.82) is 0 Å². The molecule has 6 heteroatoms. The largest absolute Gasteiger partial charge is 0.454 e. The van der Waals surface area contributed by atoms with E-state index in [0.717, 1.165) is 88.1 Å². The van der Waals surface area contributed by atoms with E-state index in [1.807, 2.05) is 84.9 Å². The molecule has 11 aromatic rings. The SMILES string of the molecule is c1ccc(-c2nc(-c3ccccc3)nc(-c3cccc4oc5c(-n6c7c8ccccc8ccc7c7oc8ccccc8c76)cccc5c34)n2)cc1. The fourth-order valence-electron chi connectivity index (χ4n) is 7.59. The van der Waals surface area contributed by atoms with E-state index in [9.17, 15) is 0 Å². The molecule has 0 bridgehead atoms. The lowest BCUT2D eigenvalue weighted by molar-refractivity contribution is 0.666. The zero-order valence-corrected chi connectivity index (χ0v) is 27.1. The number of rotatable bonds is 4. The Bertz CT molecular complexity index is 3070. The van der Waals surface area contributed by atoms with Crippen LogP contribution in [0.25, 0.3) is 106 Å². The van der Waals surface area contributed by atoms with Gasteiger partial charge in [-0.3, -0.25) is 0 Å². The maximum atomic E-state index is 6.88. The highest BCUT2D eigenvalue weighted by atomic mass is 16.3. The summed E-state index contributed by atoms with van der Waals surface area (Å²) in [6.45, 7) is 0. The summed E-state index contributed by atoms with van der Waals surface area (Å²) >= 11 is 0. The van der Waals surface area contributed by atoms with Gasteiger partial charge in [0.2, 0.25) is 0 Å². The van der Waals surface area contributed by atoms with E-state index in [1.165, 1.54) is 0 Å². The summed E-state index contributed by atoms with van der Waals surface area (Å²) in [6.07, 6.45) is 0. The van der Waals surface area contributed by atoms with Crippen LogP contribution in [0.1, 0.15) is 0 Å². The molecule has 238 valence electrons. The van der Waals surface area contributed by atoms with Gasteiger partial charge in [0.1, 0.15) is 16.7 Å². The Labute approximate surface area is 290 Å². The second-order valence-electron chi connectivity index (χ2n) is 12.8. The normalized spacial score (nSPS) is 11.9. The quantitative estimate of drug-likeness (QED) is 0.189. The van der Waals surface area contributed by atoms with Crippen LogP contribution in [-0.4, -0.2) is 19.5 Å². The van der Waals surface area contributed by atoms with Crippen LogP contribution in [0.2, 0.25) is 0 Å². The summed E-state index contributed by atoms with van der Waals surface area (Å²) in [5, 5.41) is 6.34. The Kier molecular flexibility index (Phi) is 5.86. The van der Waals surface area contributed by atoms with Crippen molar-refractivity contribution in [2.45, 2.75) is 0 Å². The van der Waals surface area contributed by atoms with E-state index < -0.39 is 0 Å². The van der Waals surface area contributed by atoms with Crippen molar-refractivity contribution in [2.24, 2.45) is 0 Å². The topological polar surface area (TPSA) is 69.9 Å². The summed E-state index contributed by atoms with van der Waals surface area (Å²) in [6, 6.07) is 53.7. The molecule has 0 N–H and O–H groups in total. The van der Waals surface area contributed by atoms with Crippen molar-refractivity contribution in [1.82, 2.24) is 19.5 Å². The number of aromatic nitrogens is 4. The van der Waals surface area contributed by atoms with Crippen LogP contribution < -0.4 is 0 Å². The third-order valence-corrected chi connectivity index (χ3v) is 9.84. The summed E-state index contributed by atoms with van der Waals surface area (Å²) < 4.78 is 15.8. The molecule has 0 unspecified atom stereocenters. The van der Waals surface area contributed by atoms with E-state index in [2.05, 4.69) is 77.4 Å². The average molecular weight is 655 g/mol. The summed E-state index contributed by atoms with van der Waals surface area (Å²) in [4.78, 5) is 15.1. The standard InChI is InChI=1S/C45H26N4O2/c1-3-14-28(15-4-1)43-46-44(29-16-5-2-6-17-29)48-45(47-43)33-21-12-24-37-38(33)32-20-11-22-35(41(32)51-37)49-39-30-18-8-7-13-27(30)25-26-34(39)42-40(49)31-19-9-10-23-36(31)50-42/h1-26H. The third kappa shape index (κ3) is 4.14. The van der Waals surface area contributed by atoms with E-state index in [0.29, 0.717) is 17.5 Å². The molecule has 0 saturated carbocycles. The molecule has 0 amide bonds. The molecular weight excluding hydrogens is 629 g/mol. The van der Waals surface area contributed by atoms with Crippen molar-refractivity contribution in [2.75, 3.05) is 0 Å².